The summed E-state index contributed by atoms with van der Waals surface area (Å²) in [6, 6.07) is 3.64. The number of guanidine groups is 1. The van der Waals surface area contributed by atoms with Gasteiger partial charge in [-0.05, 0) is 18.1 Å². The molecule has 0 aliphatic carbocycles. The summed E-state index contributed by atoms with van der Waals surface area (Å²) in [5.74, 6) is 0.519. The van der Waals surface area contributed by atoms with Crippen LogP contribution in [0.1, 0.15) is 18.9 Å². The Labute approximate surface area is 140 Å². The van der Waals surface area contributed by atoms with Crippen molar-refractivity contribution in [3.8, 4) is 0 Å². The van der Waals surface area contributed by atoms with E-state index < -0.39 is 0 Å². The molecule has 8 heteroatoms. The number of hydrogen-bond acceptors (Lipinski definition) is 4. The molecule has 0 amide bonds. The van der Waals surface area contributed by atoms with E-state index in [0.29, 0.717) is 30.8 Å². The number of pyridine rings is 1. The summed E-state index contributed by atoms with van der Waals surface area (Å²) in [6.07, 6.45) is 4.01. The van der Waals surface area contributed by atoms with E-state index in [1.807, 2.05) is 22.8 Å². The fourth-order valence-corrected chi connectivity index (χ4v) is 2.63. The number of ether oxygens (including phenoxy) is 1. The second-order valence-electron chi connectivity index (χ2n) is 5.07. The lowest BCUT2D eigenvalue weighted by molar-refractivity contribution is -0.00958. The standard InChI is InChI=1S/C15H20ClN5O2/c1-3-9-23-14(4-2)21-8-7-20(15(21)18-19-22)11-12-5-6-13(16)17-10-12/h3,5-6,10,14H,1,4,7-9,11H2,2H3. The topological polar surface area (TPSA) is 70.4 Å². The van der Waals surface area contributed by atoms with Crippen LogP contribution in [0.4, 0.5) is 0 Å². The molecule has 0 N–H and O–H groups in total. The van der Waals surface area contributed by atoms with Crippen molar-refractivity contribution in [1.82, 2.24) is 14.8 Å². The first kappa shape index (κ1) is 17.4. The molecule has 124 valence electrons. The largest absolute Gasteiger partial charge is 0.354 e. The van der Waals surface area contributed by atoms with E-state index in [-0.39, 0.29) is 6.23 Å². The van der Waals surface area contributed by atoms with Crippen LogP contribution >= 0.6 is 11.6 Å². The molecular formula is C15H20ClN5O2. The molecule has 1 aliphatic rings. The molecule has 2 rings (SSSR count). The van der Waals surface area contributed by atoms with E-state index in [0.717, 1.165) is 18.5 Å². The molecule has 1 aromatic rings. The third-order valence-electron chi connectivity index (χ3n) is 3.55. The summed E-state index contributed by atoms with van der Waals surface area (Å²) in [6.45, 7) is 8.13. The summed E-state index contributed by atoms with van der Waals surface area (Å²) < 4.78 is 5.74. The highest BCUT2D eigenvalue weighted by molar-refractivity contribution is 6.29. The molecular weight excluding hydrogens is 318 g/mol. The predicted octanol–water partition coefficient (Wildman–Crippen LogP) is 2.83. The smallest absolute Gasteiger partial charge is 0.227 e. The van der Waals surface area contributed by atoms with Gasteiger partial charge >= 0.3 is 0 Å². The van der Waals surface area contributed by atoms with Crippen LogP contribution < -0.4 is 0 Å². The van der Waals surface area contributed by atoms with E-state index in [4.69, 9.17) is 16.3 Å². The second-order valence-corrected chi connectivity index (χ2v) is 5.46. The molecule has 1 unspecified atom stereocenters. The van der Waals surface area contributed by atoms with Crippen LogP contribution in [0.15, 0.2) is 41.4 Å². The van der Waals surface area contributed by atoms with Crippen LogP contribution in [0.5, 0.6) is 0 Å². The fourth-order valence-electron chi connectivity index (χ4n) is 2.52. The van der Waals surface area contributed by atoms with E-state index in [9.17, 15) is 4.91 Å². The summed E-state index contributed by atoms with van der Waals surface area (Å²) in [4.78, 5) is 18.7. The van der Waals surface area contributed by atoms with Gasteiger partial charge in [-0.2, -0.15) is 0 Å². The van der Waals surface area contributed by atoms with Crippen molar-refractivity contribution in [2.24, 2.45) is 10.4 Å². The highest BCUT2D eigenvalue weighted by atomic mass is 35.5. The van der Waals surface area contributed by atoms with Crippen molar-refractivity contribution in [1.29, 1.82) is 0 Å². The number of nitroso groups, excluding NO2 is 1. The van der Waals surface area contributed by atoms with Gasteiger partial charge in [0.1, 0.15) is 11.4 Å². The van der Waals surface area contributed by atoms with Crippen molar-refractivity contribution in [3.63, 3.8) is 0 Å². The number of halogens is 1. The Balaban J connectivity index is 2.12. The minimum Gasteiger partial charge on any atom is -0.354 e. The van der Waals surface area contributed by atoms with Gasteiger partial charge in [-0.25, -0.2) is 4.98 Å². The maximum absolute atomic E-state index is 10.7. The number of nitrogens with zero attached hydrogens (tertiary/aromatic N) is 5. The summed E-state index contributed by atoms with van der Waals surface area (Å²) in [5, 5.41) is 6.92. The number of aromatic nitrogens is 1. The Hall–Kier alpha value is -1.99. The normalized spacial score (nSPS) is 17.6. The molecule has 0 radical (unpaired) electrons. The maximum atomic E-state index is 10.7. The Morgan fingerprint density at radius 3 is 2.96 bits per heavy atom. The molecule has 0 saturated carbocycles. The first-order chi connectivity index (χ1) is 11.2. The Morgan fingerprint density at radius 1 is 1.52 bits per heavy atom. The van der Waals surface area contributed by atoms with Crippen LogP contribution in [-0.2, 0) is 11.3 Å². The fraction of sp³-hybridized carbons (Fsp3) is 0.467. The molecule has 1 saturated heterocycles. The van der Waals surface area contributed by atoms with Gasteiger partial charge in [0.25, 0.3) is 0 Å². The molecule has 23 heavy (non-hydrogen) atoms. The van der Waals surface area contributed by atoms with E-state index in [2.05, 4.69) is 22.0 Å². The summed E-state index contributed by atoms with van der Waals surface area (Å²) >= 11 is 5.80. The molecule has 0 aromatic carbocycles. The number of hydrogen-bond donors (Lipinski definition) is 0. The molecule has 2 heterocycles. The third kappa shape index (κ3) is 4.49. The van der Waals surface area contributed by atoms with Crippen molar-refractivity contribution < 1.29 is 4.74 Å². The maximum Gasteiger partial charge on any atom is 0.227 e. The lowest BCUT2D eigenvalue weighted by Gasteiger charge is -2.29. The summed E-state index contributed by atoms with van der Waals surface area (Å²) in [5.41, 5.74) is 0.981. The minimum absolute atomic E-state index is 0.165. The molecule has 7 nitrogen and oxygen atoms in total. The van der Waals surface area contributed by atoms with Gasteiger partial charge in [0, 0.05) is 25.8 Å². The van der Waals surface area contributed by atoms with Crippen molar-refractivity contribution in [2.75, 3.05) is 19.7 Å². The van der Waals surface area contributed by atoms with E-state index in [1.165, 1.54) is 0 Å². The zero-order chi connectivity index (χ0) is 16.7. The van der Waals surface area contributed by atoms with Crippen LogP contribution in [0.2, 0.25) is 5.15 Å². The average Bonchev–Trinajstić information content (AvgIpc) is 2.94. The zero-order valence-corrected chi connectivity index (χ0v) is 13.8. The third-order valence-corrected chi connectivity index (χ3v) is 3.77. The van der Waals surface area contributed by atoms with Gasteiger partial charge in [0.2, 0.25) is 5.96 Å². The monoisotopic (exact) mass is 337 g/mol. The van der Waals surface area contributed by atoms with Gasteiger partial charge in [-0.1, -0.05) is 35.8 Å². The second kappa shape index (κ2) is 8.59. The highest BCUT2D eigenvalue weighted by Gasteiger charge is 2.32. The van der Waals surface area contributed by atoms with Gasteiger partial charge in [-0.15, -0.1) is 11.5 Å². The van der Waals surface area contributed by atoms with Crippen LogP contribution in [-0.4, -0.2) is 46.7 Å². The van der Waals surface area contributed by atoms with Crippen LogP contribution in [0.3, 0.4) is 0 Å². The van der Waals surface area contributed by atoms with Crippen LogP contribution in [0, 0.1) is 4.91 Å². The van der Waals surface area contributed by atoms with Crippen molar-refractivity contribution in [2.45, 2.75) is 26.1 Å². The first-order valence-corrected chi connectivity index (χ1v) is 7.82. The van der Waals surface area contributed by atoms with E-state index >= 15 is 0 Å². The molecule has 0 spiro atoms. The van der Waals surface area contributed by atoms with Gasteiger partial charge < -0.3 is 14.5 Å². The van der Waals surface area contributed by atoms with Gasteiger partial charge in [0.05, 0.1) is 11.9 Å². The first-order valence-electron chi connectivity index (χ1n) is 7.44. The lowest BCUT2D eigenvalue weighted by Crippen LogP contribution is -2.41. The van der Waals surface area contributed by atoms with E-state index in [1.54, 1.807) is 18.3 Å². The summed E-state index contributed by atoms with van der Waals surface area (Å²) in [7, 11) is 0. The molecule has 1 aliphatic heterocycles. The zero-order valence-electron chi connectivity index (χ0n) is 13.1. The highest BCUT2D eigenvalue weighted by Crippen LogP contribution is 2.19. The molecule has 0 bridgehead atoms. The lowest BCUT2D eigenvalue weighted by atomic mass is 10.3. The Bertz CT molecular complexity index is 563. The van der Waals surface area contributed by atoms with Gasteiger partial charge in [0.15, 0.2) is 0 Å². The van der Waals surface area contributed by atoms with Crippen molar-refractivity contribution >= 4 is 17.6 Å². The Kier molecular flexibility index (Phi) is 6.49. The SMILES string of the molecule is C=CCOC(CC)N1CCN(Cc2ccc(Cl)nc2)C1=NN=O. The molecule has 1 atom stereocenters. The Morgan fingerprint density at radius 2 is 2.35 bits per heavy atom. The minimum atomic E-state index is -0.165. The van der Waals surface area contributed by atoms with Gasteiger partial charge in [-0.3, -0.25) is 0 Å². The van der Waals surface area contributed by atoms with Crippen LogP contribution in [0.25, 0.3) is 0 Å². The van der Waals surface area contributed by atoms with Crippen molar-refractivity contribution in [3.05, 3.63) is 46.6 Å². The number of rotatable bonds is 8. The molecule has 1 aromatic heterocycles. The quantitative estimate of drug-likeness (QED) is 0.316. The average molecular weight is 338 g/mol. The predicted molar refractivity (Wildman–Crippen MR) is 89.8 cm³/mol. The molecule has 1 fully saturated rings.